The van der Waals surface area contributed by atoms with Crippen LogP contribution in [0.15, 0.2) is 18.2 Å². The summed E-state index contributed by atoms with van der Waals surface area (Å²) in [5, 5.41) is 9.21. The number of halogens is 1. The summed E-state index contributed by atoms with van der Waals surface area (Å²) in [7, 11) is 0. The molecule has 1 fully saturated rings. The fraction of sp³-hybridized carbons (Fsp3) is 0.591. The van der Waals surface area contributed by atoms with Gasteiger partial charge in [-0.2, -0.15) is 5.26 Å². The van der Waals surface area contributed by atoms with Crippen molar-refractivity contribution in [2.45, 2.75) is 46.0 Å². The summed E-state index contributed by atoms with van der Waals surface area (Å²) in [6, 6.07) is 6.55. The van der Waals surface area contributed by atoms with Crippen molar-refractivity contribution in [3.8, 4) is 6.07 Å². The third kappa shape index (κ3) is 6.18. The second kappa shape index (κ2) is 11.4. The van der Waals surface area contributed by atoms with Gasteiger partial charge in [-0.3, -0.25) is 9.59 Å². The zero-order chi connectivity index (χ0) is 21.2. The van der Waals surface area contributed by atoms with Gasteiger partial charge in [0, 0.05) is 52.1 Å². The summed E-state index contributed by atoms with van der Waals surface area (Å²) in [6.45, 7) is 7.84. The molecule has 29 heavy (non-hydrogen) atoms. The number of rotatable bonds is 9. The number of hydrogen-bond donors (Lipinski definition) is 0. The lowest BCUT2D eigenvalue weighted by molar-refractivity contribution is -0.133. The molecule has 0 aromatic heterocycles. The highest BCUT2D eigenvalue weighted by molar-refractivity contribution is 5.79. The Morgan fingerprint density at radius 1 is 1.10 bits per heavy atom. The van der Waals surface area contributed by atoms with Crippen LogP contribution in [0.2, 0.25) is 0 Å². The summed E-state index contributed by atoms with van der Waals surface area (Å²) in [6.07, 6.45) is 3.20. The molecule has 2 amide bonds. The summed E-state index contributed by atoms with van der Waals surface area (Å²) in [5.74, 6) is -0.343. The van der Waals surface area contributed by atoms with Gasteiger partial charge in [0.1, 0.15) is 17.4 Å². The Bertz CT molecular complexity index is 733. The zero-order valence-electron chi connectivity index (χ0n) is 17.5. The van der Waals surface area contributed by atoms with Crippen molar-refractivity contribution in [1.82, 2.24) is 9.80 Å². The van der Waals surface area contributed by atoms with E-state index in [0.29, 0.717) is 51.1 Å². The SMILES string of the molecule is CCCN(CCC)C(=O)CCCC(=O)N1CCN(c2cccc(F)c2C#N)CC1. The lowest BCUT2D eigenvalue weighted by Crippen LogP contribution is -2.49. The number of benzene rings is 1. The van der Waals surface area contributed by atoms with Crippen LogP contribution in [0.4, 0.5) is 10.1 Å². The van der Waals surface area contributed by atoms with Crippen LogP contribution in [0, 0.1) is 17.1 Å². The van der Waals surface area contributed by atoms with E-state index in [4.69, 9.17) is 0 Å². The van der Waals surface area contributed by atoms with Gasteiger partial charge in [-0.15, -0.1) is 0 Å². The Morgan fingerprint density at radius 3 is 2.34 bits per heavy atom. The molecule has 0 spiro atoms. The molecular formula is C22H31FN4O2. The lowest BCUT2D eigenvalue weighted by Gasteiger charge is -2.36. The van der Waals surface area contributed by atoms with Crippen molar-refractivity contribution in [1.29, 1.82) is 5.26 Å². The Labute approximate surface area is 172 Å². The number of hydrogen-bond acceptors (Lipinski definition) is 4. The monoisotopic (exact) mass is 402 g/mol. The third-order valence-corrected chi connectivity index (χ3v) is 5.20. The predicted molar refractivity (Wildman–Crippen MR) is 111 cm³/mol. The molecule has 2 rings (SSSR count). The molecule has 0 atom stereocenters. The molecule has 1 heterocycles. The number of piperazine rings is 1. The molecule has 1 aliphatic rings. The lowest BCUT2D eigenvalue weighted by atomic mass is 10.1. The highest BCUT2D eigenvalue weighted by atomic mass is 19.1. The summed E-state index contributed by atoms with van der Waals surface area (Å²) < 4.78 is 13.8. The van der Waals surface area contributed by atoms with Crippen LogP contribution in [-0.4, -0.2) is 60.9 Å². The van der Waals surface area contributed by atoms with E-state index < -0.39 is 5.82 Å². The van der Waals surface area contributed by atoms with Gasteiger partial charge in [-0.05, 0) is 31.4 Å². The predicted octanol–water partition coefficient (Wildman–Crippen LogP) is 3.16. The first-order chi connectivity index (χ1) is 14.0. The Hall–Kier alpha value is -2.62. The Kier molecular flexibility index (Phi) is 8.91. The molecular weight excluding hydrogens is 371 g/mol. The molecule has 1 aliphatic heterocycles. The Morgan fingerprint density at radius 2 is 1.76 bits per heavy atom. The first kappa shape index (κ1) is 22.7. The molecule has 0 N–H and O–H groups in total. The number of nitrogens with zero attached hydrogens (tertiary/aromatic N) is 4. The van der Waals surface area contributed by atoms with Crippen molar-refractivity contribution in [3.05, 3.63) is 29.6 Å². The van der Waals surface area contributed by atoms with Crippen LogP contribution < -0.4 is 4.90 Å². The molecule has 7 heteroatoms. The van der Waals surface area contributed by atoms with Gasteiger partial charge in [0.2, 0.25) is 11.8 Å². The highest BCUT2D eigenvalue weighted by Crippen LogP contribution is 2.24. The molecule has 1 aromatic carbocycles. The fourth-order valence-corrected chi connectivity index (χ4v) is 3.69. The van der Waals surface area contributed by atoms with Crippen LogP contribution in [0.5, 0.6) is 0 Å². The van der Waals surface area contributed by atoms with Crippen LogP contribution >= 0.6 is 0 Å². The molecule has 158 valence electrons. The van der Waals surface area contributed by atoms with E-state index >= 15 is 0 Å². The first-order valence-corrected chi connectivity index (χ1v) is 10.5. The molecule has 1 aromatic rings. The fourth-order valence-electron chi connectivity index (χ4n) is 3.69. The van der Waals surface area contributed by atoms with E-state index in [1.807, 2.05) is 15.9 Å². The minimum absolute atomic E-state index is 0.0505. The summed E-state index contributed by atoms with van der Waals surface area (Å²) in [5.41, 5.74) is 0.631. The van der Waals surface area contributed by atoms with Gasteiger partial charge in [0.25, 0.3) is 0 Å². The number of carbonyl (C=O) groups is 2. The first-order valence-electron chi connectivity index (χ1n) is 10.5. The topological polar surface area (TPSA) is 67.7 Å². The van der Waals surface area contributed by atoms with Gasteiger partial charge in [0.15, 0.2) is 0 Å². The van der Waals surface area contributed by atoms with Crippen LogP contribution in [0.1, 0.15) is 51.5 Å². The van der Waals surface area contributed by atoms with E-state index in [1.165, 1.54) is 6.07 Å². The number of nitriles is 1. The van der Waals surface area contributed by atoms with Gasteiger partial charge in [0.05, 0.1) is 5.69 Å². The van der Waals surface area contributed by atoms with E-state index in [2.05, 4.69) is 13.8 Å². The normalized spacial score (nSPS) is 13.9. The van der Waals surface area contributed by atoms with E-state index in [-0.39, 0.29) is 17.4 Å². The maximum atomic E-state index is 13.8. The summed E-state index contributed by atoms with van der Waals surface area (Å²) in [4.78, 5) is 30.4. The highest BCUT2D eigenvalue weighted by Gasteiger charge is 2.23. The number of anilines is 1. The molecule has 6 nitrogen and oxygen atoms in total. The average Bonchev–Trinajstić information content (AvgIpc) is 2.73. The molecule has 0 saturated carbocycles. The van der Waals surface area contributed by atoms with Gasteiger partial charge in [-0.1, -0.05) is 19.9 Å². The van der Waals surface area contributed by atoms with Crippen molar-refractivity contribution >= 4 is 17.5 Å². The number of amides is 2. The molecule has 0 bridgehead atoms. The zero-order valence-corrected chi connectivity index (χ0v) is 17.5. The molecule has 1 saturated heterocycles. The Balaban J connectivity index is 1.80. The summed E-state index contributed by atoms with van der Waals surface area (Å²) >= 11 is 0. The van der Waals surface area contributed by atoms with Crippen molar-refractivity contribution in [2.75, 3.05) is 44.2 Å². The van der Waals surface area contributed by atoms with E-state index in [9.17, 15) is 19.2 Å². The van der Waals surface area contributed by atoms with Gasteiger partial charge < -0.3 is 14.7 Å². The second-order valence-corrected chi connectivity index (χ2v) is 7.35. The van der Waals surface area contributed by atoms with Crippen LogP contribution in [0.3, 0.4) is 0 Å². The second-order valence-electron chi connectivity index (χ2n) is 7.35. The maximum absolute atomic E-state index is 13.8. The molecule has 0 radical (unpaired) electrons. The van der Waals surface area contributed by atoms with Crippen molar-refractivity contribution in [2.24, 2.45) is 0 Å². The third-order valence-electron chi connectivity index (χ3n) is 5.20. The molecule has 0 aliphatic carbocycles. The molecule has 0 unspecified atom stereocenters. The average molecular weight is 403 g/mol. The largest absolute Gasteiger partial charge is 0.367 e. The minimum Gasteiger partial charge on any atom is -0.367 e. The minimum atomic E-state index is -0.520. The van der Waals surface area contributed by atoms with Gasteiger partial charge in [-0.25, -0.2) is 4.39 Å². The van der Waals surface area contributed by atoms with Crippen molar-refractivity contribution in [3.63, 3.8) is 0 Å². The maximum Gasteiger partial charge on any atom is 0.222 e. The van der Waals surface area contributed by atoms with E-state index in [0.717, 1.165) is 25.9 Å². The standard InChI is InChI=1S/C22H31FN4O2/c1-3-11-26(12-4-2)21(28)9-6-10-22(29)27-15-13-25(14-16-27)20-8-5-7-19(23)18(20)17-24/h5,7-8H,3-4,6,9-16H2,1-2H3. The van der Waals surface area contributed by atoms with Gasteiger partial charge >= 0.3 is 0 Å². The van der Waals surface area contributed by atoms with Crippen molar-refractivity contribution < 1.29 is 14.0 Å². The number of carbonyl (C=O) groups excluding carboxylic acids is 2. The smallest absolute Gasteiger partial charge is 0.222 e. The van der Waals surface area contributed by atoms with Crippen LogP contribution in [0.25, 0.3) is 0 Å². The van der Waals surface area contributed by atoms with E-state index in [1.54, 1.807) is 17.0 Å². The quantitative estimate of drug-likeness (QED) is 0.636. The van der Waals surface area contributed by atoms with Crippen LogP contribution in [-0.2, 0) is 9.59 Å².